The quantitative estimate of drug-likeness (QED) is 0.0261. The van der Waals surface area contributed by atoms with Gasteiger partial charge in [0.25, 0.3) is 0 Å². The average molecular weight is 1090 g/mol. The fourth-order valence-corrected chi connectivity index (χ4v) is 8.07. The molecule has 0 fully saturated rings. The lowest BCUT2D eigenvalue weighted by atomic mass is 10.0. The lowest BCUT2D eigenvalue weighted by molar-refractivity contribution is -0.167. The van der Waals surface area contributed by atoms with Gasteiger partial charge in [0, 0.05) is 19.3 Å². The minimum atomic E-state index is -0.819. The summed E-state index contributed by atoms with van der Waals surface area (Å²) in [7, 11) is 0. The van der Waals surface area contributed by atoms with Crippen LogP contribution in [0.4, 0.5) is 0 Å². The van der Waals surface area contributed by atoms with E-state index in [0.29, 0.717) is 25.7 Å². The van der Waals surface area contributed by atoms with E-state index in [-0.39, 0.29) is 31.1 Å². The van der Waals surface area contributed by atoms with Gasteiger partial charge in [-0.2, -0.15) is 0 Å². The molecular formula is C73H114O6. The molecule has 0 aliphatic heterocycles. The van der Waals surface area contributed by atoms with Crippen molar-refractivity contribution in [1.82, 2.24) is 0 Å². The normalized spacial score (nSPS) is 13.3. The molecule has 0 heterocycles. The van der Waals surface area contributed by atoms with E-state index in [0.717, 1.165) is 154 Å². The first-order chi connectivity index (χ1) is 39.0. The van der Waals surface area contributed by atoms with Crippen molar-refractivity contribution in [2.75, 3.05) is 13.2 Å². The molecule has 0 saturated carbocycles. The third-order valence-corrected chi connectivity index (χ3v) is 12.7. The van der Waals surface area contributed by atoms with E-state index < -0.39 is 6.10 Å². The number of rotatable bonds is 55. The van der Waals surface area contributed by atoms with Crippen LogP contribution in [0.5, 0.6) is 0 Å². The summed E-state index contributed by atoms with van der Waals surface area (Å²) in [5.74, 6) is -0.988. The van der Waals surface area contributed by atoms with Crippen molar-refractivity contribution in [2.45, 2.75) is 258 Å². The Morgan fingerprint density at radius 3 is 0.734 bits per heavy atom. The minimum Gasteiger partial charge on any atom is -0.462 e. The molecule has 0 saturated heterocycles. The van der Waals surface area contributed by atoms with Gasteiger partial charge in [-0.05, 0) is 148 Å². The van der Waals surface area contributed by atoms with Gasteiger partial charge in [-0.25, -0.2) is 0 Å². The number of esters is 3. The van der Waals surface area contributed by atoms with Crippen LogP contribution in [0.25, 0.3) is 0 Å². The van der Waals surface area contributed by atoms with Crippen molar-refractivity contribution < 1.29 is 28.6 Å². The Morgan fingerprint density at radius 2 is 0.456 bits per heavy atom. The van der Waals surface area contributed by atoms with Crippen molar-refractivity contribution in [3.8, 4) is 0 Å². The SMILES string of the molecule is CC/C=C\C/C=C\C/C=C\C/C=C\C/C=C\C/C=C\CCCCCCC(=O)OCC(COC(=O)CCCC/C=C\C/C=C\C/C=C\C/C=C\CC)OC(=O)CCCCCCCCCCCC/C=C\C/C=C\C/C=C\C/C=C\CC. The van der Waals surface area contributed by atoms with Crippen molar-refractivity contribution in [2.24, 2.45) is 0 Å². The summed E-state index contributed by atoms with van der Waals surface area (Å²) in [4.78, 5) is 38.3. The first-order valence-electron chi connectivity index (χ1n) is 31.6. The molecule has 0 rings (SSSR count). The second-order valence-electron chi connectivity index (χ2n) is 20.2. The highest BCUT2D eigenvalue weighted by Crippen LogP contribution is 2.14. The zero-order valence-electron chi connectivity index (χ0n) is 50.6. The molecule has 0 bridgehead atoms. The Morgan fingerprint density at radius 1 is 0.253 bits per heavy atom. The van der Waals surface area contributed by atoms with Crippen LogP contribution in [0.2, 0.25) is 0 Å². The van der Waals surface area contributed by atoms with Gasteiger partial charge in [0.2, 0.25) is 0 Å². The van der Waals surface area contributed by atoms with E-state index >= 15 is 0 Å². The average Bonchev–Trinajstić information content (AvgIpc) is 3.45. The van der Waals surface area contributed by atoms with Gasteiger partial charge in [0.15, 0.2) is 6.10 Å². The van der Waals surface area contributed by atoms with E-state index in [2.05, 4.69) is 191 Å². The largest absolute Gasteiger partial charge is 0.462 e. The third kappa shape index (κ3) is 63.5. The van der Waals surface area contributed by atoms with Crippen LogP contribution in [0.3, 0.4) is 0 Å². The maximum atomic E-state index is 12.9. The second kappa shape index (κ2) is 65.3. The highest BCUT2D eigenvalue weighted by Gasteiger charge is 2.19. The predicted molar refractivity (Wildman–Crippen MR) is 343 cm³/mol. The number of hydrogen-bond donors (Lipinski definition) is 0. The standard InChI is InChI=1S/C73H114O6/c1-4-7-10-13-16-19-22-25-28-30-32-34-36-38-40-42-45-48-51-54-57-60-63-66-72(75)78-69-70(68-77-71(74)65-62-59-56-53-50-47-44-27-24-21-18-15-12-9-6-3)79-73(76)67-64-61-58-55-52-49-46-43-41-39-37-35-33-31-29-26-23-20-17-14-11-8-5-2/h7-12,16-21,25-29,32-35,38,40,44-45,48,50,53,70H,4-6,13-15,22-24,30-31,36-37,39,41-43,46-47,49,51-52,54-69H2,1-3H3/b10-7-,11-8-,12-9-,19-16-,20-17-,21-18-,28-25-,29-26-,34-32-,35-33-,40-38-,44-27-,48-45-,53-50-. The number of carbonyl (C=O) groups is 3. The van der Waals surface area contributed by atoms with Gasteiger partial charge < -0.3 is 14.2 Å². The van der Waals surface area contributed by atoms with E-state index in [1.165, 1.54) is 51.4 Å². The number of hydrogen-bond acceptors (Lipinski definition) is 6. The summed E-state index contributed by atoms with van der Waals surface area (Å²) in [5.41, 5.74) is 0. The monoisotopic (exact) mass is 1090 g/mol. The number of carbonyl (C=O) groups excluding carboxylic acids is 3. The Hall–Kier alpha value is -5.23. The molecule has 0 aliphatic rings. The lowest BCUT2D eigenvalue weighted by Crippen LogP contribution is -2.30. The minimum absolute atomic E-state index is 0.114. The van der Waals surface area contributed by atoms with Gasteiger partial charge in [0.1, 0.15) is 13.2 Å². The topological polar surface area (TPSA) is 78.9 Å². The third-order valence-electron chi connectivity index (χ3n) is 12.7. The lowest BCUT2D eigenvalue weighted by Gasteiger charge is -2.18. The highest BCUT2D eigenvalue weighted by molar-refractivity contribution is 5.71. The van der Waals surface area contributed by atoms with Gasteiger partial charge in [0.05, 0.1) is 0 Å². The zero-order chi connectivity index (χ0) is 57.1. The smallest absolute Gasteiger partial charge is 0.306 e. The van der Waals surface area contributed by atoms with Gasteiger partial charge >= 0.3 is 17.9 Å². The van der Waals surface area contributed by atoms with Gasteiger partial charge in [-0.15, -0.1) is 0 Å². The van der Waals surface area contributed by atoms with Crippen LogP contribution in [0, 0.1) is 0 Å². The van der Waals surface area contributed by atoms with Crippen LogP contribution < -0.4 is 0 Å². The fraction of sp³-hybridized carbons (Fsp3) is 0.575. The molecule has 0 amide bonds. The Balaban J connectivity index is 4.50. The van der Waals surface area contributed by atoms with Crippen molar-refractivity contribution >= 4 is 17.9 Å². The fourth-order valence-electron chi connectivity index (χ4n) is 8.07. The van der Waals surface area contributed by atoms with E-state index in [4.69, 9.17) is 14.2 Å². The van der Waals surface area contributed by atoms with Gasteiger partial charge in [-0.3, -0.25) is 14.4 Å². The van der Waals surface area contributed by atoms with Crippen molar-refractivity contribution in [1.29, 1.82) is 0 Å². The van der Waals surface area contributed by atoms with E-state index in [1.54, 1.807) is 0 Å². The molecule has 0 spiro atoms. The maximum Gasteiger partial charge on any atom is 0.306 e. The summed E-state index contributed by atoms with van der Waals surface area (Å²) in [6, 6.07) is 0. The molecule has 0 aromatic carbocycles. The van der Waals surface area contributed by atoms with Crippen LogP contribution in [0.15, 0.2) is 170 Å². The van der Waals surface area contributed by atoms with E-state index in [9.17, 15) is 14.4 Å². The molecule has 0 N–H and O–H groups in total. The zero-order valence-corrected chi connectivity index (χ0v) is 50.6. The summed E-state index contributed by atoms with van der Waals surface area (Å²) >= 11 is 0. The first-order valence-corrected chi connectivity index (χ1v) is 31.6. The van der Waals surface area contributed by atoms with Crippen LogP contribution >= 0.6 is 0 Å². The number of unbranched alkanes of at least 4 members (excludes halogenated alkanes) is 16. The van der Waals surface area contributed by atoms with Crippen LogP contribution in [-0.2, 0) is 28.6 Å². The molecular weight excluding hydrogens is 973 g/mol. The Labute approximate surface area is 485 Å². The van der Waals surface area contributed by atoms with Gasteiger partial charge in [-0.1, -0.05) is 255 Å². The highest BCUT2D eigenvalue weighted by atomic mass is 16.6. The summed E-state index contributed by atoms with van der Waals surface area (Å²) in [6.07, 6.45) is 96.4. The molecule has 6 heteroatoms. The predicted octanol–water partition coefficient (Wildman–Crippen LogP) is 21.9. The van der Waals surface area contributed by atoms with Crippen molar-refractivity contribution in [3.05, 3.63) is 170 Å². The summed E-state index contributed by atoms with van der Waals surface area (Å²) < 4.78 is 16.9. The van der Waals surface area contributed by atoms with Crippen LogP contribution in [0.1, 0.15) is 252 Å². The molecule has 1 atom stereocenters. The molecule has 0 aliphatic carbocycles. The molecule has 6 nitrogen and oxygen atoms in total. The van der Waals surface area contributed by atoms with E-state index in [1.807, 2.05) is 0 Å². The maximum absolute atomic E-state index is 12.9. The van der Waals surface area contributed by atoms with Crippen molar-refractivity contribution in [3.63, 3.8) is 0 Å². The molecule has 79 heavy (non-hydrogen) atoms. The molecule has 1 unspecified atom stereocenters. The molecule has 0 aromatic heterocycles. The Bertz CT molecular complexity index is 1820. The second-order valence-corrected chi connectivity index (χ2v) is 20.2. The molecule has 0 radical (unpaired) electrons. The molecule has 442 valence electrons. The number of ether oxygens (including phenoxy) is 3. The summed E-state index contributed by atoms with van der Waals surface area (Å²) in [5, 5.41) is 0. The molecule has 0 aromatic rings. The van der Waals surface area contributed by atoms with Crippen LogP contribution in [-0.4, -0.2) is 37.2 Å². The summed E-state index contributed by atoms with van der Waals surface area (Å²) in [6.45, 7) is 6.23. The Kier molecular flexibility index (Phi) is 61.0. The number of allylic oxidation sites excluding steroid dienone is 28. The first kappa shape index (κ1) is 73.8.